The van der Waals surface area contributed by atoms with Crippen LogP contribution in [0.15, 0.2) is 49.8 Å². The van der Waals surface area contributed by atoms with Crippen LogP contribution in [-0.2, 0) is 0 Å². The van der Waals surface area contributed by atoms with Crippen LogP contribution in [0, 0.1) is 0 Å². The van der Waals surface area contributed by atoms with Gasteiger partial charge in [-0.1, -0.05) is 0 Å². The standard InChI is InChI=1S/C18H10Br2O3/c1-22-10-4-2-9(3-5-10)17-12-8-14(20)16(21)11-6-7-13(19)18(23-17)15(11)12/h2-8H,1H3. The molecular weight excluding hydrogens is 424 g/mol. The first-order chi connectivity index (χ1) is 11.1. The highest BCUT2D eigenvalue weighted by molar-refractivity contribution is 9.12. The summed E-state index contributed by atoms with van der Waals surface area (Å²) >= 11 is 6.86. The molecule has 1 heterocycles. The van der Waals surface area contributed by atoms with Crippen LogP contribution in [0.3, 0.4) is 0 Å². The summed E-state index contributed by atoms with van der Waals surface area (Å²) < 4.78 is 12.7. The number of allylic oxidation sites excluding steroid dienone is 1. The molecule has 5 heteroatoms. The first-order valence-corrected chi connectivity index (χ1v) is 8.50. The maximum absolute atomic E-state index is 12.4. The van der Waals surface area contributed by atoms with Gasteiger partial charge in [-0.25, -0.2) is 0 Å². The average molecular weight is 434 g/mol. The Hall–Kier alpha value is -1.85. The van der Waals surface area contributed by atoms with E-state index in [2.05, 4.69) is 31.9 Å². The fraction of sp³-hybridized carbons (Fsp3) is 0.0556. The zero-order valence-corrected chi connectivity index (χ0v) is 15.2. The van der Waals surface area contributed by atoms with E-state index >= 15 is 0 Å². The van der Waals surface area contributed by atoms with Gasteiger partial charge in [0.2, 0.25) is 5.78 Å². The summed E-state index contributed by atoms with van der Waals surface area (Å²) in [6, 6.07) is 11.3. The van der Waals surface area contributed by atoms with Gasteiger partial charge in [0.05, 0.1) is 16.1 Å². The maximum atomic E-state index is 12.4. The molecule has 0 bridgehead atoms. The number of furan rings is 1. The lowest BCUT2D eigenvalue weighted by atomic mass is 9.94. The van der Waals surface area contributed by atoms with Crippen LogP contribution >= 0.6 is 31.9 Å². The number of methoxy groups -OCH3 is 1. The minimum Gasteiger partial charge on any atom is -0.497 e. The first-order valence-electron chi connectivity index (χ1n) is 6.91. The van der Waals surface area contributed by atoms with Gasteiger partial charge in [-0.05, 0) is 74.3 Å². The highest BCUT2D eigenvalue weighted by atomic mass is 79.9. The van der Waals surface area contributed by atoms with Crippen LogP contribution < -0.4 is 4.74 Å². The SMILES string of the molecule is COc1ccc(-c2oc3c(Br)ccc4c3c2C=C(Br)C4=O)cc1. The molecule has 3 aromatic rings. The van der Waals surface area contributed by atoms with Crippen LogP contribution in [0.5, 0.6) is 5.75 Å². The molecule has 2 aromatic carbocycles. The van der Waals surface area contributed by atoms with Crippen LogP contribution in [0.4, 0.5) is 0 Å². The minimum atomic E-state index is -0.0305. The van der Waals surface area contributed by atoms with E-state index in [0.29, 0.717) is 15.6 Å². The molecule has 3 nitrogen and oxygen atoms in total. The number of hydrogen-bond acceptors (Lipinski definition) is 3. The Balaban J connectivity index is 2.04. The van der Waals surface area contributed by atoms with E-state index in [4.69, 9.17) is 9.15 Å². The molecule has 23 heavy (non-hydrogen) atoms. The van der Waals surface area contributed by atoms with Crippen molar-refractivity contribution in [2.24, 2.45) is 0 Å². The summed E-state index contributed by atoms with van der Waals surface area (Å²) in [6.07, 6.45) is 1.83. The molecule has 0 radical (unpaired) electrons. The van der Waals surface area contributed by atoms with Crippen LogP contribution in [0.2, 0.25) is 0 Å². The van der Waals surface area contributed by atoms with Crippen molar-refractivity contribution in [1.82, 2.24) is 0 Å². The molecule has 0 amide bonds. The Morgan fingerprint density at radius 3 is 2.48 bits per heavy atom. The van der Waals surface area contributed by atoms with Crippen LogP contribution in [0.1, 0.15) is 15.9 Å². The number of ether oxygens (including phenoxy) is 1. The largest absolute Gasteiger partial charge is 0.497 e. The molecule has 0 saturated heterocycles. The van der Waals surface area contributed by atoms with Crippen molar-refractivity contribution >= 4 is 54.7 Å². The Kier molecular flexibility index (Phi) is 3.43. The smallest absolute Gasteiger partial charge is 0.200 e. The second kappa shape index (κ2) is 5.35. The third-order valence-electron chi connectivity index (χ3n) is 3.91. The lowest BCUT2D eigenvalue weighted by molar-refractivity contribution is 0.104. The maximum Gasteiger partial charge on any atom is 0.200 e. The lowest BCUT2D eigenvalue weighted by Crippen LogP contribution is -2.03. The van der Waals surface area contributed by atoms with Gasteiger partial charge in [-0.15, -0.1) is 0 Å². The van der Waals surface area contributed by atoms with Crippen molar-refractivity contribution in [2.75, 3.05) is 7.11 Å². The minimum absolute atomic E-state index is 0.0305. The van der Waals surface area contributed by atoms with Gasteiger partial charge in [0.25, 0.3) is 0 Å². The van der Waals surface area contributed by atoms with Crippen LogP contribution in [-0.4, -0.2) is 12.9 Å². The van der Waals surface area contributed by atoms with E-state index in [1.165, 1.54) is 0 Å². The summed E-state index contributed by atoms with van der Waals surface area (Å²) in [6.45, 7) is 0. The number of carbonyl (C=O) groups excluding carboxylic acids is 1. The molecule has 0 unspecified atom stereocenters. The van der Waals surface area contributed by atoms with E-state index in [0.717, 1.165) is 32.5 Å². The molecule has 0 atom stereocenters. The first kappa shape index (κ1) is 14.7. The summed E-state index contributed by atoms with van der Waals surface area (Å²) in [5, 5.41) is 0.846. The van der Waals surface area contributed by atoms with Gasteiger partial charge in [0, 0.05) is 22.1 Å². The van der Waals surface area contributed by atoms with Gasteiger partial charge >= 0.3 is 0 Å². The van der Waals surface area contributed by atoms with E-state index in [-0.39, 0.29) is 5.78 Å². The molecule has 4 rings (SSSR count). The molecule has 0 aliphatic heterocycles. The van der Waals surface area contributed by atoms with Gasteiger partial charge in [0.1, 0.15) is 17.1 Å². The Morgan fingerprint density at radius 1 is 1.04 bits per heavy atom. The summed E-state index contributed by atoms with van der Waals surface area (Å²) in [4.78, 5) is 12.4. The lowest BCUT2D eigenvalue weighted by Gasteiger charge is -2.09. The second-order valence-corrected chi connectivity index (χ2v) is 6.90. The quantitative estimate of drug-likeness (QED) is 0.512. The Morgan fingerprint density at radius 2 is 1.78 bits per heavy atom. The van der Waals surface area contributed by atoms with E-state index in [1.807, 2.05) is 42.5 Å². The second-order valence-electron chi connectivity index (χ2n) is 5.19. The normalized spacial score (nSPS) is 13.3. The number of Topliss-reactive ketones (excluding diaryl/α,β-unsaturated/α-hetero) is 1. The molecule has 1 aromatic heterocycles. The highest BCUT2D eigenvalue weighted by Crippen LogP contribution is 2.43. The molecule has 1 aliphatic carbocycles. The number of carbonyl (C=O) groups is 1. The molecule has 0 fully saturated rings. The van der Waals surface area contributed by atoms with E-state index < -0.39 is 0 Å². The predicted octanol–water partition coefficient (Wildman–Crippen LogP) is 5.80. The summed E-state index contributed by atoms with van der Waals surface area (Å²) in [5.41, 5.74) is 3.18. The topological polar surface area (TPSA) is 39.4 Å². The monoisotopic (exact) mass is 432 g/mol. The fourth-order valence-corrected chi connectivity index (χ4v) is 3.65. The fourth-order valence-electron chi connectivity index (χ4n) is 2.80. The molecule has 114 valence electrons. The average Bonchev–Trinajstić information content (AvgIpc) is 2.95. The Labute approximate surface area is 149 Å². The van der Waals surface area contributed by atoms with E-state index in [1.54, 1.807) is 7.11 Å². The zero-order valence-electron chi connectivity index (χ0n) is 12.0. The van der Waals surface area contributed by atoms with Crippen molar-refractivity contribution in [2.45, 2.75) is 0 Å². The molecule has 1 aliphatic rings. The zero-order chi connectivity index (χ0) is 16.1. The molecule has 0 saturated carbocycles. The summed E-state index contributed by atoms with van der Waals surface area (Å²) in [7, 11) is 1.63. The molecule has 0 N–H and O–H groups in total. The molecule has 0 spiro atoms. The van der Waals surface area contributed by atoms with Gasteiger partial charge < -0.3 is 9.15 Å². The van der Waals surface area contributed by atoms with Crippen LogP contribution in [0.25, 0.3) is 28.4 Å². The number of benzene rings is 2. The van der Waals surface area contributed by atoms with Crippen molar-refractivity contribution in [3.05, 3.63) is 56.5 Å². The Bertz CT molecular complexity index is 982. The predicted molar refractivity (Wildman–Crippen MR) is 97.1 cm³/mol. The number of ketones is 1. The van der Waals surface area contributed by atoms with Gasteiger partial charge in [-0.3, -0.25) is 4.79 Å². The third-order valence-corrected chi connectivity index (χ3v) is 5.13. The van der Waals surface area contributed by atoms with Crippen molar-refractivity contribution in [3.63, 3.8) is 0 Å². The number of halogens is 2. The summed E-state index contributed by atoms with van der Waals surface area (Å²) in [5.74, 6) is 1.49. The van der Waals surface area contributed by atoms with Gasteiger partial charge in [0.15, 0.2) is 0 Å². The molecular formula is C18H10Br2O3. The number of rotatable bonds is 2. The third kappa shape index (κ3) is 2.18. The van der Waals surface area contributed by atoms with Crippen molar-refractivity contribution in [1.29, 1.82) is 0 Å². The van der Waals surface area contributed by atoms with Gasteiger partial charge in [-0.2, -0.15) is 0 Å². The van der Waals surface area contributed by atoms with Crippen molar-refractivity contribution < 1.29 is 13.9 Å². The van der Waals surface area contributed by atoms with Crippen molar-refractivity contribution in [3.8, 4) is 17.1 Å². The number of hydrogen-bond donors (Lipinski definition) is 0. The highest BCUT2D eigenvalue weighted by Gasteiger charge is 2.27. The van der Waals surface area contributed by atoms with E-state index in [9.17, 15) is 4.79 Å².